The van der Waals surface area contributed by atoms with Gasteiger partial charge in [-0.1, -0.05) is 0 Å². The average molecular weight is 266 g/mol. The summed E-state index contributed by atoms with van der Waals surface area (Å²) in [5, 5.41) is 0. The van der Waals surface area contributed by atoms with Gasteiger partial charge < -0.3 is 9.22 Å². The fourth-order valence-corrected chi connectivity index (χ4v) is 5.46. The molecule has 0 aromatic heterocycles. The van der Waals surface area contributed by atoms with E-state index in [4.69, 9.17) is 4.74 Å². The molecule has 0 radical (unpaired) electrons. The summed E-state index contributed by atoms with van der Waals surface area (Å²) >= 11 is 0. The van der Waals surface area contributed by atoms with E-state index in [1.54, 1.807) is 0 Å². The molecule has 4 aliphatic carbocycles. The highest BCUT2D eigenvalue weighted by Crippen LogP contribution is 2.57. The molecule has 4 bridgehead atoms. The minimum atomic E-state index is 0.280. The third kappa shape index (κ3) is 2.85. The molecule has 110 valence electrons. The van der Waals surface area contributed by atoms with Crippen molar-refractivity contribution in [3.05, 3.63) is 0 Å². The molecule has 0 amide bonds. The van der Waals surface area contributed by atoms with E-state index < -0.39 is 0 Å². The van der Waals surface area contributed by atoms with Crippen molar-refractivity contribution in [3.63, 3.8) is 0 Å². The standard InChI is InChI=1S/C17H32NO/c1-5-18(3,4)12-13(2)19-17-9-14-6-15(10-17)8-16(7-14)11-17/h13-16H,5-12H2,1-4H3/q+1. The molecule has 2 nitrogen and oxygen atoms in total. The van der Waals surface area contributed by atoms with Crippen molar-refractivity contribution >= 4 is 0 Å². The highest BCUT2D eigenvalue weighted by Gasteiger charge is 2.52. The Morgan fingerprint density at radius 2 is 1.53 bits per heavy atom. The van der Waals surface area contributed by atoms with Gasteiger partial charge in [-0.15, -0.1) is 0 Å². The van der Waals surface area contributed by atoms with Crippen molar-refractivity contribution < 1.29 is 9.22 Å². The fourth-order valence-electron chi connectivity index (χ4n) is 5.46. The van der Waals surface area contributed by atoms with Crippen LogP contribution in [0.25, 0.3) is 0 Å². The van der Waals surface area contributed by atoms with Crippen molar-refractivity contribution in [2.24, 2.45) is 17.8 Å². The normalized spacial score (nSPS) is 42.6. The van der Waals surface area contributed by atoms with Crippen molar-refractivity contribution in [2.45, 2.75) is 64.1 Å². The summed E-state index contributed by atoms with van der Waals surface area (Å²) in [7, 11) is 4.64. The Morgan fingerprint density at radius 3 is 1.95 bits per heavy atom. The predicted molar refractivity (Wildman–Crippen MR) is 79.0 cm³/mol. The molecule has 2 heteroatoms. The van der Waals surface area contributed by atoms with E-state index in [0.29, 0.717) is 6.10 Å². The second kappa shape index (κ2) is 4.73. The summed E-state index contributed by atoms with van der Waals surface area (Å²) in [5.74, 6) is 2.98. The molecule has 0 aliphatic heterocycles. The predicted octanol–water partition coefficient (Wildman–Crippen LogP) is 3.46. The lowest BCUT2D eigenvalue weighted by molar-refractivity contribution is -0.891. The van der Waals surface area contributed by atoms with Gasteiger partial charge in [-0.2, -0.15) is 0 Å². The SMILES string of the molecule is CC[N+](C)(C)CC(C)OC12CC3CC(CC(C3)C1)C2. The van der Waals surface area contributed by atoms with E-state index in [1.165, 1.54) is 45.1 Å². The van der Waals surface area contributed by atoms with Gasteiger partial charge >= 0.3 is 0 Å². The number of nitrogens with zero attached hydrogens (tertiary/aromatic N) is 1. The fraction of sp³-hybridized carbons (Fsp3) is 1.00. The van der Waals surface area contributed by atoms with Crippen LogP contribution in [0.3, 0.4) is 0 Å². The maximum absolute atomic E-state index is 6.67. The monoisotopic (exact) mass is 266 g/mol. The molecule has 4 saturated carbocycles. The number of ether oxygens (including phenoxy) is 1. The topological polar surface area (TPSA) is 9.23 Å². The number of hydrogen-bond donors (Lipinski definition) is 0. The smallest absolute Gasteiger partial charge is 0.105 e. The average Bonchev–Trinajstić information content (AvgIpc) is 2.25. The van der Waals surface area contributed by atoms with Crippen molar-refractivity contribution in [3.8, 4) is 0 Å². The number of likely N-dealkylation sites (N-methyl/N-ethyl adjacent to an activating group) is 1. The third-order valence-corrected chi connectivity index (χ3v) is 6.04. The van der Waals surface area contributed by atoms with Crippen LogP contribution < -0.4 is 0 Å². The van der Waals surface area contributed by atoms with Gasteiger partial charge in [0.25, 0.3) is 0 Å². The lowest BCUT2D eigenvalue weighted by Crippen LogP contribution is -2.55. The van der Waals surface area contributed by atoms with E-state index in [0.717, 1.165) is 28.8 Å². The summed E-state index contributed by atoms with van der Waals surface area (Å²) in [4.78, 5) is 0. The molecule has 4 rings (SSSR count). The molecule has 1 atom stereocenters. The van der Waals surface area contributed by atoms with Crippen molar-refractivity contribution in [1.82, 2.24) is 0 Å². The molecule has 0 aromatic rings. The Labute approximate surface area is 119 Å². The van der Waals surface area contributed by atoms with Gasteiger partial charge in [0.15, 0.2) is 0 Å². The van der Waals surface area contributed by atoms with Gasteiger partial charge in [-0.05, 0) is 70.1 Å². The van der Waals surface area contributed by atoms with E-state index in [2.05, 4.69) is 27.9 Å². The minimum Gasteiger partial charge on any atom is -0.366 e. The zero-order chi connectivity index (χ0) is 13.7. The molecule has 0 aromatic carbocycles. The van der Waals surface area contributed by atoms with Crippen LogP contribution in [0.4, 0.5) is 0 Å². The van der Waals surface area contributed by atoms with Gasteiger partial charge in [-0.25, -0.2) is 0 Å². The Balaban J connectivity index is 1.63. The van der Waals surface area contributed by atoms with E-state index in [9.17, 15) is 0 Å². The zero-order valence-electron chi connectivity index (χ0n) is 13.3. The zero-order valence-corrected chi connectivity index (χ0v) is 13.3. The molecule has 0 N–H and O–H groups in total. The van der Waals surface area contributed by atoms with Crippen molar-refractivity contribution in [2.75, 3.05) is 27.2 Å². The van der Waals surface area contributed by atoms with Crippen LogP contribution in [-0.2, 0) is 4.74 Å². The molecular weight excluding hydrogens is 234 g/mol. The maximum Gasteiger partial charge on any atom is 0.105 e. The third-order valence-electron chi connectivity index (χ3n) is 6.04. The number of rotatable bonds is 5. The summed E-state index contributed by atoms with van der Waals surface area (Å²) in [6, 6.07) is 0. The summed E-state index contributed by atoms with van der Waals surface area (Å²) < 4.78 is 7.75. The van der Waals surface area contributed by atoms with E-state index in [-0.39, 0.29) is 5.60 Å². The van der Waals surface area contributed by atoms with Crippen LogP contribution in [0.15, 0.2) is 0 Å². The van der Waals surface area contributed by atoms with E-state index in [1.807, 2.05) is 0 Å². The Morgan fingerprint density at radius 1 is 1.05 bits per heavy atom. The lowest BCUT2D eigenvalue weighted by atomic mass is 9.54. The Hall–Kier alpha value is -0.0800. The van der Waals surface area contributed by atoms with Crippen LogP contribution in [0, 0.1) is 17.8 Å². The van der Waals surface area contributed by atoms with Gasteiger partial charge in [0.05, 0.1) is 26.2 Å². The number of hydrogen-bond acceptors (Lipinski definition) is 1. The van der Waals surface area contributed by atoms with Crippen LogP contribution in [0.5, 0.6) is 0 Å². The first-order chi connectivity index (χ1) is 8.90. The largest absolute Gasteiger partial charge is 0.366 e. The molecule has 0 heterocycles. The summed E-state index contributed by atoms with van der Waals surface area (Å²) in [5.41, 5.74) is 0.280. The molecule has 0 saturated heterocycles. The molecule has 0 spiro atoms. The molecule has 1 unspecified atom stereocenters. The minimum absolute atomic E-state index is 0.280. The molecule has 4 aliphatic rings. The number of quaternary nitrogens is 1. The van der Waals surface area contributed by atoms with Gasteiger partial charge in [0.1, 0.15) is 12.6 Å². The quantitative estimate of drug-likeness (QED) is 0.693. The lowest BCUT2D eigenvalue weighted by Gasteiger charge is -2.57. The van der Waals surface area contributed by atoms with Crippen LogP contribution in [0.1, 0.15) is 52.4 Å². The van der Waals surface area contributed by atoms with Crippen LogP contribution >= 0.6 is 0 Å². The van der Waals surface area contributed by atoms with Crippen LogP contribution in [-0.4, -0.2) is 43.4 Å². The Kier molecular flexibility index (Phi) is 3.46. The van der Waals surface area contributed by atoms with E-state index >= 15 is 0 Å². The van der Waals surface area contributed by atoms with Crippen LogP contribution in [0.2, 0.25) is 0 Å². The first-order valence-corrected chi connectivity index (χ1v) is 8.39. The second-order valence-corrected chi connectivity index (χ2v) is 8.46. The van der Waals surface area contributed by atoms with Crippen molar-refractivity contribution in [1.29, 1.82) is 0 Å². The van der Waals surface area contributed by atoms with Gasteiger partial charge in [0.2, 0.25) is 0 Å². The van der Waals surface area contributed by atoms with Gasteiger partial charge in [0, 0.05) is 0 Å². The second-order valence-electron chi connectivity index (χ2n) is 8.46. The first-order valence-electron chi connectivity index (χ1n) is 8.39. The highest BCUT2D eigenvalue weighted by molar-refractivity contribution is 5.03. The summed E-state index contributed by atoms with van der Waals surface area (Å²) in [6.07, 6.45) is 9.02. The molecular formula is C17H32NO+. The molecule has 19 heavy (non-hydrogen) atoms. The van der Waals surface area contributed by atoms with Gasteiger partial charge in [-0.3, -0.25) is 0 Å². The Bertz CT molecular complexity index is 301. The molecule has 4 fully saturated rings. The summed E-state index contributed by atoms with van der Waals surface area (Å²) in [6.45, 7) is 6.92. The highest BCUT2D eigenvalue weighted by atomic mass is 16.5. The first kappa shape index (κ1) is 13.9. The maximum atomic E-state index is 6.67.